The first-order valence-corrected chi connectivity index (χ1v) is 16.1. The summed E-state index contributed by atoms with van der Waals surface area (Å²) in [7, 11) is -3.09. The number of aryl methyl sites for hydroxylation is 1. The largest absolute Gasteiger partial charge is 0.495 e. The second kappa shape index (κ2) is 13.7. The van der Waals surface area contributed by atoms with E-state index in [2.05, 4.69) is 29.2 Å². The summed E-state index contributed by atoms with van der Waals surface area (Å²) in [6, 6.07) is 28.5. The topological polar surface area (TPSA) is 113 Å². The molecule has 0 aromatic heterocycles. The summed E-state index contributed by atoms with van der Waals surface area (Å²) >= 11 is 6.27. The summed E-state index contributed by atoms with van der Waals surface area (Å²) in [4.78, 5) is 28.4. The zero-order valence-electron chi connectivity index (χ0n) is 24.9. The quantitative estimate of drug-likeness (QED) is 0.160. The Morgan fingerprint density at radius 2 is 1.53 bits per heavy atom. The molecule has 1 aliphatic heterocycles. The third-order valence-corrected chi connectivity index (χ3v) is 9.91. The number of nitrogens with zero attached hydrogens (tertiary/aromatic N) is 4. The number of methoxy groups -OCH3 is 1. The Balaban J connectivity index is 1.42. The van der Waals surface area contributed by atoms with Gasteiger partial charge in [-0.05, 0) is 42.3 Å². The summed E-state index contributed by atoms with van der Waals surface area (Å²) in [5.74, 6) is -0.242. The number of rotatable bonds is 10. The van der Waals surface area contributed by atoms with Gasteiger partial charge >= 0.3 is 0 Å². The summed E-state index contributed by atoms with van der Waals surface area (Å²) < 4.78 is 34.5. The van der Waals surface area contributed by atoms with Gasteiger partial charge in [-0.3, -0.25) is 24.1 Å². The predicted octanol–water partition coefficient (Wildman–Crippen LogP) is 5.69. The number of anilines is 1. The van der Waals surface area contributed by atoms with Gasteiger partial charge in [0.1, 0.15) is 12.3 Å². The van der Waals surface area contributed by atoms with Crippen LogP contribution in [0.1, 0.15) is 22.7 Å². The van der Waals surface area contributed by atoms with Crippen LogP contribution in [0.5, 0.6) is 5.75 Å². The molecule has 0 bridgehead atoms. The molecular weight excluding hydrogens is 616 g/mol. The molecule has 4 aromatic rings. The molecule has 0 aliphatic carbocycles. The highest BCUT2D eigenvalue weighted by molar-refractivity contribution is 7.92. The maximum Gasteiger partial charge on any atom is 0.273 e. The lowest BCUT2D eigenvalue weighted by Crippen LogP contribution is -2.52. The van der Waals surface area contributed by atoms with Crippen LogP contribution < -0.4 is 9.04 Å². The Kier molecular flexibility index (Phi) is 9.71. The molecule has 1 amide bonds. The summed E-state index contributed by atoms with van der Waals surface area (Å²) in [5, 5.41) is 11.9. The molecule has 1 fully saturated rings. The Labute approximate surface area is 267 Å². The number of sulfonamides is 1. The number of carbonyl (C=O) groups excluding carboxylic acids is 1. The SMILES string of the molecule is COc1ccc(Cl)cc1N(CC(=O)N1CCN(C(c2ccccc2)c2ccccc2)CC1)S(=O)(=O)c1ccc(C)c([N+](=O)[O-])c1. The van der Waals surface area contributed by atoms with Crippen molar-refractivity contribution in [3.8, 4) is 5.75 Å². The fourth-order valence-electron chi connectivity index (χ4n) is 5.57. The van der Waals surface area contributed by atoms with E-state index >= 15 is 0 Å². The number of hydrogen-bond acceptors (Lipinski definition) is 7. The number of hydrogen-bond donors (Lipinski definition) is 0. The lowest BCUT2D eigenvalue weighted by Gasteiger charge is -2.40. The van der Waals surface area contributed by atoms with E-state index in [4.69, 9.17) is 16.3 Å². The second-order valence-electron chi connectivity index (χ2n) is 10.7. The fourth-order valence-corrected chi connectivity index (χ4v) is 7.17. The van der Waals surface area contributed by atoms with Crippen molar-refractivity contribution in [2.75, 3.05) is 44.1 Å². The molecule has 0 N–H and O–H groups in total. The van der Waals surface area contributed by atoms with Gasteiger partial charge in [0, 0.05) is 42.8 Å². The minimum atomic E-state index is -4.47. The van der Waals surface area contributed by atoms with Crippen molar-refractivity contribution in [2.24, 2.45) is 0 Å². The number of piperazine rings is 1. The van der Waals surface area contributed by atoms with Crippen molar-refractivity contribution in [2.45, 2.75) is 17.9 Å². The molecule has 0 spiro atoms. The smallest absolute Gasteiger partial charge is 0.273 e. The van der Waals surface area contributed by atoms with Gasteiger partial charge in [0.15, 0.2) is 0 Å². The first-order valence-electron chi connectivity index (χ1n) is 14.3. The highest BCUT2D eigenvalue weighted by atomic mass is 35.5. The highest BCUT2D eigenvalue weighted by Gasteiger charge is 2.34. The normalized spacial score (nSPS) is 13.9. The van der Waals surface area contributed by atoms with Gasteiger partial charge in [-0.1, -0.05) is 78.3 Å². The molecule has 0 atom stereocenters. The van der Waals surface area contributed by atoms with Crippen molar-refractivity contribution >= 4 is 38.9 Å². The molecule has 10 nitrogen and oxygen atoms in total. The molecule has 5 rings (SSSR count). The van der Waals surface area contributed by atoms with Crippen LogP contribution in [0.3, 0.4) is 0 Å². The molecule has 0 unspecified atom stereocenters. The van der Waals surface area contributed by atoms with Crippen LogP contribution >= 0.6 is 11.6 Å². The van der Waals surface area contributed by atoms with Crippen LogP contribution in [0.4, 0.5) is 11.4 Å². The molecule has 0 radical (unpaired) electrons. The first-order chi connectivity index (χ1) is 21.6. The number of carbonyl (C=O) groups is 1. The molecule has 1 saturated heterocycles. The average Bonchev–Trinajstić information content (AvgIpc) is 3.05. The number of amides is 1. The average molecular weight is 649 g/mol. The van der Waals surface area contributed by atoms with Gasteiger partial charge in [-0.15, -0.1) is 0 Å². The molecule has 0 saturated carbocycles. The molecule has 4 aromatic carbocycles. The maximum atomic E-state index is 14.1. The summed E-state index contributed by atoms with van der Waals surface area (Å²) in [5.41, 5.74) is 2.29. The van der Waals surface area contributed by atoms with Gasteiger partial charge < -0.3 is 9.64 Å². The van der Waals surface area contributed by atoms with Gasteiger partial charge in [-0.25, -0.2) is 8.42 Å². The van der Waals surface area contributed by atoms with Gasteiger partial charge in [0.25, 0.3) is 15.7 Å². The van der Waals surface area contributed by atoms with Crippen LogP contribution in [-0.2, 0) is 14.8 Å². The Hall–Kier alpha value is -4.45. The minimum Gasteiger partial charge on any atom is -0.495 e. The summed E-state index contributed by atoms with van der Waals surface area (Å²) in [6.45, 7) is 2.86. The fraction of sp³-hybridized carbons (Fsp3) is 0.242. The van der Waals surface area contributed by atoms with Gasteiger partial charge in [0.05, 0.1) is 28.7 Å². The molecule has 234 valence electrons. The minimum absolute atomic E-state index is 0.00502. The number of benzene rings is 4. The van der Waals surface area contributed by atoms with Gasteiger partial charge in [-0.2, -0.15) is 0 Å². The third kappa shape index (κ3) is 6.95. The number of nitro benzene ring substituents is 1. The van der Waals surface area contributed by atoms with E-state index in [9.17, 15) is 23.3 Å². The second-order valence-corrected chi connectivity index (χ2v) is 13.0. The van der Waals surface area contributed by atoms with E-state index in [-0.39, 0.29) is 33.1 Å². The highest BCUT2D eigenvalue weighted by Crippen LogP contribution is 2.36. The third-order valence-electron chi connectivity index (χ3n) is 7.92. The van der Waals surface area contributed by atoms with Crippen LogP contribution in [0.2, 0.25) is 5.02 Å². The Morgan fingerprint density at radius 3 is 2.09 bits per heavy atom. The Morgan fingerprint density at radius 1 is 0.933 bits per heavy atom. The molecular formula is C33H33ClN4O6S. The van der Waals surface area contributed by atoms with E-state index in [0.29, 0.717) is 31.7 Å². The predicted molar refractivity (Wildman–Crippen MR) is 173 cm³/mol. The van der Waals surface area contributed by atoms with E-state index < -0.39 is 27.4 Å². The summed E-state index contributed by atoms with van der Waals surface area (Å²) in [6.07, 6.45) is 0. The maximum absolute atomic E-state index is 14.1. The lowest BCUT2D eigenvalue weighted by atomic mass is 9.96. The molecule has 45 heavy (non-hydrogen) atoms. The number of ether oxygens (including phenoxy) is 1. The zero-order valence-corrected chi connectivity index (χ0v) is 26.4. The molecule has 1 heterocycles. The van der Waals surface area contributed by atoms with Crippen LogP contribution in [0, 0.1) is 17.0 Å². The van der Waals surface area contributed by atoms with E-state index in [0.717, 1.165) is 21.5 Å². The Bertz CT molecular complexity index is 1740. The van der Waals surface area contributed by atoms with E-state index in [1.165, 1.54) is 38.3 Å². The number of nitro groups is 1. The molecule has 12 heteroatoms. The van der Waals surface area contributed by atoms with Crippen molar-refractivity contribution in [3.05, 3.63) is 129 Å². The van der Waals surface area contributed by atoms with Crippen LogP contribution in [0.15, 0.2) is 102 Å². The van der Waals surface area contributed by atoms with Gasteiger partial charge in [0.2, 0.25) is 5.91 Å². The van der Waals surface area contributed by atoms with Crippen molar-refractivity contribution < 1.29 is 22.9 Å². The van der Waals surface area contributed by atoms with Crippen molar-refractivity contribution in [1.82, 2.24) is 9.80 Å². The standard InChI is InChI=1S/C33H33ClN4O6S/c1-24-13-15-28(22-29(24)38(40)41)45(42,43)37(30-21-27(34)14-16-31(30)44-2)23-32(39)35-17-19-36(20-18-35)33(25-9-5-3-6-10-25)26-11-7-4-8-12-26/h3-16,21-22,33H,17-20,23H2,1-2H3. The zero-order chi connectivity index (χ0) is 32.1. The number of halogens is 1. The monoisotopic (exact) mass is 648 g/mol. The van der Waals surface area contributed by atoms with E-state index in [1.54, 1.807) is 11.0 Å². The van der Waals surface area contributed by atoms with Crippen molar-refractivity contribution in [1.29, 1.82) is 0 Å². The lowest BCUT2D eigenvalue weighted by molar-refractivity contribution is -0.385. The molecule has 1 aliphatic rings. The van der Waals surface area contributed by atoms with Crippen LogP contribution in [-0.4, -0.2) is 68.9 Å². The van der Waals surface area contributed by atoms with Crippen LogP contribution in [0.25, 0.3) is 0 Å². The van der Waals surface area contributed by atoms with E-state index in [1.807, 2.05) is 36.4 Å². The first kappa shape index (κ1) is 32.0. The van der Waals surface area contributed by atoms with Crippen molar-refractivity contribution in [3.63, 3.8) is 0 Å².